The molecule has 1 aliphatic heterocycles. The molecule has 2 amide bonds. The number of aryl methyl sites for hydroxylation is 1. The first-order chi connectivity index (χ1) is 11.1. The summed E-state index contributed by atoms with van der Waals surface area (Å²) in [4.78, 5) is 25.4. The van der Waals surface area contributed by atoms with Crippen LogP contribution in [0.3, 0.4) is 0 Å². The summed E-state index contributed by atoms with van der Waals surface area (Å²) in [6, 6.07) is 7.86. The molecule has 2 rings (SSSR count). The van der Waals surface area contributed by atoms with E-state index in [9.17, 15) is 9.59 Å². The molecule has 0 saturated carbocycles. The van der Waals surface area contributed by atoms with Gasteiger partial charge in [0.25, 0.3) is 0 Å². The molecule has 0 bridgehead atoms. The van der Waals surface area contributed by atoms with Crippen molar-refractivity contribution in [1.82, 2.24) is 10.2 Å². The smallest absolute Gasteiger partial charge is 0.224 e. The molecule has 1 aromatic rings. The number of benzene rings is 1. The Balaban J connectivity index is 1.52. The van der Waals surface area contributed by atoms with E-state index in [-0.39, 0.29) is 11.8 Å². The van der Waals surface area contributed by atoms with Crippen LogP contribution in [0, 0.1) is 6.92 Å². The van der Waals surface area contributed by atoms with E-state index in [2.05, 4.69) is 5.32 Å². The molecule has 23 heavy (non-hydrogen) atoms. The summed E-state index contributed by atoms with van der Waals surface area (Å²) in [5.74, 6) is 0.958. The van der Waals surface area contributed by atoms with Crippen LogP contribution in [0.5, 0.6) is 5.75 Å². The molecule has 126 valence electrons. The topological polar surface area (TPSA) is 58.6 Å². The lowest BCUT2D eigenvalue weighted by Crippen LogP contribution is -2.32. The third kappa shape index (κ3) is 6.30. The van der Waals surface area contributed by atoms with E-state index in [0.717, 1.165) is 37.2 Å². The Morgan fingerprint density at radius 2 is 2.00 bits per heavy atom. The molecule has 0 radical (unpaired) electrons. The van der Waals surface area contributed by atoms with Crippen LogP contribution in [0.1, 0.15) is 37.7 Å². The van der Waals surface area contributed by atoms with E-state index in [1.54, 1.807) is 0 Å². The molecule has 1 aliphatic rings. The predicted molar refractivity (Wildman–Crippen MR) is 89.3 cm³/mol. The fraction of sp³-hybridized carbons (Fsp3) is 0.556. The van der Waals surface area contributed by atoms with E-state index >= 15 is 0 Å². The monoisotopic (exact) mass is 318 g/mol. The summed E-state index contributed by atoms with van der Waals surface area (Å²) in [6.45, 7) is 4.69. The Kier molecular flexibility index (Phi) is 6.91. The highest BCUT2D eigenvalue weighted by atomic mass is 16.5. The van der Waals surface area contributed by atoms with Gasteiger partial charge >= 0.3 is 0 Å². The van der Waals surface area contributed by atoms with Gasteiger partial charge in [-0.1, -0.05) is 12.1 Å². The summed E-state index contributed by atoms with van der Waals surface area (Å²) in [7, 11) is 0. The Hall–Kier alpha value is -2.04. The van der Waals surface area contributed by atoms with Gasteiger partial charge in [-0.3, -0.25) is 9.59 Å². The maximum atomic E-state index is 11.8. The summed E-state index contributed by atoms with van der Waals surface area (Å²) in [5, 5.41) is 2.80. The number of nitrogens with one attached hydrogen (secondary N) is 1. The average molecular weight is 318 g/mol. The van der Waals surface area contributed by atoms with Crippen molar-refractivity contribution in [2.75, 3.05) is 26.2 Å². The second-order valence-electron chi connectivity index (χ2n) is 5.96. The van der Waals surface area contributed by atoms with Gasteiger partial charge in [0.15, 0.2) is 0 Å². The van der Waals surface area contributed by atoms with Crippen molar-refractivity contribution < 1.29 is 14.3 Å². The van der Waals surface area contributed by atoms with Crippen LogP contribution in [0.2, 0.25) is 0 Å². The van der Waals surface area contributed by atoms with E-state index in [4.69, 9.17) is 4.74 Å². The SMILES string of the molecule is Cc1cccc(OCCCC(=O)NCCC(=O)N2CCCC2)c1. The minimum absolute atomic E-state index is 0.0212. The number of ether oxygens (including phenoxy) is 1. The van der Waals surface area contributed by atoms with Crippen molar-refractivity contribution >= 4 is 11.8 Å². The van der Waals surface area contributed by atoms with Crippen LogP contribution in [0.4, 0.5) is 0 Å². The molecule has 1 N–H and O–H groups in total. The highest BCUT2D eigenvalue weighted by Gasteiger charge is 2.17. The van der Waals surface area contributed by atoms with Crippen molar-refractivity contribution in [1.29, 1.82) is 0 Å². The normalized spacial score (nSPS) is 13.9. The maximum absolute atomic E-state index is 11.8. The van der Waals surface area contributed by atoms with Gasteiger partial charge in [0.05, 0.1) is 6.61 Å². The zero-order valence-corrected chi connectivity index (χ0v) is 13.8. The van der Waals surface area contributed by atoms with E-state index < -0.39 is 0 Å². The number of likely N-dealkylation sites (tertiary alicyclic amines) is 1. The molecule has 0 aromatic heterocycles. The fourth-order valence-electron chi connectivity index (χ4n) is 2.65. The molecule has 1 fully saturated rings. The summed E-state index contributed by atoms with van der Waals surface area (Å²) in [6.07, 6.45) is 3.67. The minimum atomic E-state index is -0.0212. The zero-order chi connectivity index (χ0) is 16.5. The largest absolute Gasteiger partial charge is 0.494 e. The first kappa shape index (κ1) is 17.3. The van der Waals surface area contributed by atoms with Gasteiger partial charge in [0, 0.05) is 32.5 Å². The van der Waals surface area contributed by atoms with Crippen LogP contribution in [0.25, 0.3) is 0 Å². The predicted octanol–water partition coefficient (Wildman–Crippen LogP) is 2.28. The van der Waals surface area contributed by atoms with Gasteiger partial charge in [-0.15, -0.1) is 0 Å². The second-order valence-corrected chi connectivity index (χ2v) is 5.96. The quantitative estimate of drug-likeness (QED) is 0.748. The lowest BCUT2D eigenvalue weighted by atomic mass is 10.2. The Morgan fingerprint density at radius 1 is 1.22 bits per heavy atom. The van der Waals surface area contributed by atoms with Crippen molar-refractivity contribution in [2.45, 2.75) is 39.0 Å². The number of amides is 2. The lowest BCUT2D eigenvalue weighted by molar-refractivity contribution is -0.130. The molecular formula is C18H26N2O3. The number of carbonyl (C=O) groups is 2. The number of nitrogens with zero attached hydrogens (tertiary/aromatic N) is 1. The number of hydrogen-bond acceptors (Lipinski definition) is 3. The number of hydrogen-bond donors (Lipinski definition) is 1. The minimum Gasteiger partial charge on any atom is -0.494 e. The fourth-order valence-corrected chi connectivity index (χ4v) is 2.65. The van der Waals surface area contributed by atoms with Crippen molar-refractivity contribution in [3.63, 3.8) is 0 Å². The highest BCUT2D eigenvalue weighted by Crippen LogP contribution is 2.12. The summed E-state index contributed by atoms with van der Waals surface area (Å²) in [5.41, 5.74) is 1.16. The Labute approximate surface area is 138 Å². The van der Waals surface area contributed by atoms with Crippen molar-refractivity contribution in [2.24, 2.45) is 0 Å². The molecule has 0 unspecified atom stereocenters. The molecule has 5 heteroatoms. The summed E-state index contributed by atoms with van der Waals surface area (Å²) >= 11 is 0. The molecule has 1 heterocycles. The van der Waals surface area contributed by atoms with Gasteiger partial charge < -0.3 is 15.0 Å². The van der Waals surface area contributed by atoms with Gasteiger partial charge in [0.1, 0.15) is 5.75 Å². The zero-order valence-electron chi connectivity index (χ0n) is 13.8. The van der Waals surface area contributed by atoms with Gasteiger partial charge in [-0.2, -0.15) is 0 Å². The molecule has 0 spiro atoms. The van der Waals surface area contributed by atoms with E-state index in [0.29, 0.717) is 32.4 Å². The number of rotatable bonds is 8. The van der Waals surface area contributed by atoms with Crippen molar-refractivity contribution in [3.05, 3.63) is 29.8 Å². The van der Waals surface area contributed by atoms with Gasteiger partial charge in [-0.05, 0) is 43.9 Å². The molecule has 1 saturated heterocycles. The van der Waals surface area contributed by atoms with Crippen LogP contribution in [0.15, 0.2) is 24.3 Å². The van der Waals surface area contributed by atoms with Crippen LogP contribution in [-0.4, -0.2) is 43.0 Å². The molecule has 0 atom stereocenters. The summed E-state index contributed by atoms with van der Waals surface area (Å²) < 4.78 is 5.61. The maximum Gasteiger partial charge on any atom is 0.224 e. The van der Waals surface area contributed by atoms with Crippen LogP contribution < -0.4 is 10.1 Å². The molecular weight excluding hydrogens is 292 g/mol. The average Bonchev–Trinajstić information content (AvgIpc) is 3.06. The molecule has 0 aliphatic carbocycles. The first-order valence-corrected chi connectivity index (χ1v) is 8.39. The number of carbonyl (C=O) groups excluding carboxylic acids is 2. The standard InChI is InChI=1S/C18H26N2O3/c1-15-6-4-7-16(14-15)23-13-5-8-17(21)19-10-9-18(22)20-11-2-3-12-20/h4,6-7,14H,2-3,5,8-13H2,1H3,(H,19,21). The van der Waals surface area contributed by atoms with Crippen LogP contribution >= 0.6 is 0 Å². The van der Waals surface area contributed by atoms with Crippen molar-refractivity contribution in [3.8, 4) is 5.75 Å². The highest BCUT2D eigenvalue weighted by molar-refractivity contribution is 5.79. The third-order valence-corrected chi connectivity index (χ3v) is 3.93. The first-order valence-electron chi connectivity index (χ1n) is 8.39. The van der Waals surface area contributed by atoms with Gasteiger partial charge in [-0.25, -0.2) is 0 Å². The Bertz CT molecular complexity index is 525. The Morgan fingerprint density at radius 3 is 2.74 bits per heavy atom. The molecule has 5 nitrogen and oxygen atoms in total. The van der Waals surface area contributed by atoms with E-state index in [1.165, 1.54) is 0 Å². The lowest BCUT2D eigenvalue weighted by Gasteiger charge is -2.15. The second kappa shape index (κ2) is 9.18. The third-order valence-electron chi connectivity index (χ3n) is 3.93. The van der Waals surface area contributed by atoms with Crippen LogP contribution in [-0.2, 0) is 9.59 Å². The van der Waals surface area contributed by atoms with Gasteiger partial charge in [0.2, 0.25) is 11.8 Å². The van der Waals surface area contributed by atoms with E-state index in [1.807, 2.05) is 36.1 Å². The molecule has 1 aromatic carbocycles.